The Morgan fingerprint density at radius 1 is 1.33 bits per heavy atom. The summed E-state index contributed by atoms with van der Waals surface area (Å²) in [6.45, 7) is 2.60. The largest absolute Gasteiger partial charge is 0.442 e. The van der Waals surface area contributed by atoms with Crippen LogP contribution in [0, 0.1) is 11.7 Å². The molecule has 1 aliphatic carbocycles. The summed E-state index contributed by atoms with van der Waals surface area (Å²) in [6.07, 6.45) is 2.81. The van der Waals surface area contributed by atoms with Crippen molar-refractivity contribution in [3.63, 3.8) is 0 Å². The van der Waals surface area contributed by atoms with Gasteiger partial charge in [-0.05, 0) is 31.0 Å². The number of ether oxygens (including phenoxy) is 1. The lowest BCUT2D eigenvalue weighted by atomic mass is 9.85. The molecule has 0 radical (unpaired) electrons. The summed E-state index contributed by atoms with van der Waals surface area (Å²) in [5, 5.41) is 3.23. The van der Waals surface area contributed by atoms with Gasteiger partial charge in [0.2, 0.25) is 0 Å². The fraction of sp³-hybridized carbons (Fsp3) is 0.579. The highest BCUT2D eigenvalue weighted by molar-refractivity contribution is 7.99. The van der Waals surface area contributed by atoms with Gasteiger partial charge in [-0.1, -0.05) is 18.6 Å². The topological polar surface area (TPSA) is 44.8 Å². The van der Waals surface area contributed by atoms with Crippen LogP contribution >= 0.6 is 24.0 Å². The predicted octanol–water partition coefficient (Wildman–Crippen LogP) is 3.42. The number of carbonyl (C=O) groups excluding carboxylic acids is 1. The molecule has 3 aliphatic rings. The second-order valence-electron chi connectivity index (χ2n) is 7.22. The van der Waals surface area contributed by atoms with E-state index in [9.17, 15) is 9.18 Å². The SMILES string of the molecule is O=C1OC(CNC(=S)C2CCC2)CN1c1ccc(N2CCSCC2)c(F)c1. The Morgan fingerprint density at radius 2 is 2.11 bits per heavy atom. The van der Waals surface area contributed by atoms with Crippen molar-refractivity contribution in [2.45, 2.75) is 25.4 Å². The van der Waals surface area contributed by atoms with E-state index in [1.807, 2.05) is 11.8 Å². The van der Waals surface area contributed by atoms with Crippen molar-refractivity contribution in [1.29, 1.82) is 0 Å². The second-order valence-corrected chi connectivity index (χ2v) is 8.89. The number of thioether (sulfide) groups is 1. The predicted molar refractivity (Wildman–Crippen MR) is 111 cm³/mol. The Bertz CT molecular complexity index is 723. The average Bonchev–Trinajstić information content (AvgIpc) is 3.00. The van der Waals surface area contributed by atoms with Gasteiger partial charge in [0.25, 0.3) is 0 Å². The van der Waals surface area contributed by atoms with Gasteiger partial charge < -0.3 is 15.0 Å². The van der Waals surface area contributed by atoms with Gasteiger partial charge in [0.15, 0.2) is 0 Å². The Balaban J connectivity index is 1.37. The van der Waals surface area contributed by atoms with Crippen LogP contribution in [0.25, 0.3) is 0 Å². The zero-order valence-electron chi connectivity index (χ0n) is 15.2. The zero-order chi connectivity index (χ0) is 18.8. The Hall–Kier alpha value is -1.54. The van der Waals surface area contributed by atoms with E-state index in [0.29, 0.717) is 30.4 Å². The van der Waals surface area contributed by atoms with Crippen molar-refractivity contribution in [2.24, 2.45) is 5.92 Å². The summed E-state index contributed by atoms with van der Waals surface area (Å²) < 4.78 is 20.1. The van der Waals surface area contributed by atoms with Crippen LogP contribution in [0.15, 0.2) is 18.2 Å². The molecule has 1 saturated carbocycles. The Morgan fingerprint density at radius 3 is 2.78 bits per heavy atom. The van der Waals surface area contributed by atoms with E-state index in [4.69, 9.17) is 17.0 Å². The molecule has 5 nitrogen and oxygen atoms in total. The van der Waals surface area contributed by atoms with Gasteiger partial charge in [-0.2, -0.15) is 11.8 Å². The highest BCUT2D eigenvalue weighted by Gasteiger charge is 2.33. The monoisotopic (exact) mass is 409 g/mol. The molecule has 2 aliphatic heterocycles. The molecule has 8 heteroatoms. The van der Waals surface area contributed by atoms with E-state index in [1.165, 1.54) is 17.4 Å². The molecule has 4 rings (SSSR count). The lowest BCUT2D eigenvalue weighted by molar-refractivity contribution is 0.142. The normalized spacial score (nSPS) is 23.1. The number of benzene rings is 1. The molecule has 3 fully saturated rings. The molecule has 1 aromatic rings. The Kier molecular flexibility index (Phi) is 5.73. The maximum atomic E-state index is 14.6. The number of nitrogens with one attached hydrogen (secondary N) is 1. The highest BCUT2D eigenvalue weighted by Crippen LogP contribution is 2.30. The smallest absolute Gasteiger partial charge is 0.414 e. The lowest BCUT2D eigenvalue weighted by Crippen LogP contribution is -2.38. The highest BCUT2D eigenvalue weighted by atomic mass is 32.2. The molecular formula is C19H24FN3O2S2. The van der Waals surface area contributed by atoms with E-state index in [2.05, 4.69) is 10.2 Å². The number of hydrogen-bond donors (Lipinski definition) is 1. The molecule has 0 bridgehead atoms. The number of carbonyl (C=O) groups is 1. The zero-order valence-corrected chi connectivity index (χ0v) is 16.8. The van der Waals surface area contributed by atoms with Crippen molar-refractivity contribution in [3.8, 4) is 0 Å². The number of rotatable bonds is 5. The maximum Gasteiger partial charge on any atom is 0.414 e. The first-order chi connectivity index (χ1) is 13.1. The molecule has 2 heterocycles. The first kappa shape index (κ1) is 18.8. The minimum atomic E-state index is -0.433. The summed E-state index contributed by atoms with van der Waals surface area (Å²) in [5.41, 5.74) is 1.15. The number of anilines is 2. The number of thiocarbonyl (C=S) groups is 1. The van der Waals surface area contributed by atoms with Crippen LogP contribution in [0.1, 0.15) is 19.3 Å². The van der Waals surface area contributed by atoms with E-state index in [-0.39, 0.29) is 11.9 Å². The number of halogens is 1. The van der Waals surface area contributed by atoms with E-state index in [1.54, 1.807) is 12.1 Å². The van der Waals surface area contributed by atoms with Gasteiger partial charge >= 0.3 is 6.09 Å². The van der Waals surface area contributed by atoms with Crippen LogP contribution < -0.4 is 15.1 Å². The van der Waals surface area contributed by atoms with Crippen LogP contribution in [0.2, 0.25) is 0 Å². The summed E-state index contributed by atoms with van der Waals surface area (Å²) in [5.74, 6) is 2.21. The van der Waals surface area contributed by atoms with Gasteiger partial charge in [0.1, 0.15) is 11.9 Å². The van der Waals surface area contributed by atoms with Crippen LogP contribution in [0.5, 0.6) is 0 Å². The molecule has 0 aromatic heterocycles. The van der Waals surface area contributed by atoms with Gasteiger partial charge in [-0.3, -0.25) is 4.90 Å². The standard InChI is InChI=1S/C19H24FN3O2S2/c20-16-10-14(4-5-17(16)22-6-8-27-9-7-22)23-12-15(25-19(23)24)11-21-18(26)13-2-1-3-13/h4-5,10,13,15H,1-3,6-9,11-12H2,(H,21,26). The molecule has 0 spiro atoms. The molecule has 2 saturated heterocycles. The lowest BCUT2D eigenvalue weighted by Gasteiger charge is -2.29. The number of amides is 1. The van der Waals surface area contributed by atoms with Gasteiger partial charge in [-0.25, -0.2) is 9.18 Å². The van der Waals surface area contributed by atoms with Crippen molar-refractivity contribution in [2.75, 3.05) is 47.5 Å². The van der Waals surface area contributed by atoms with Crippen LogP contribution in [-0.2, 0) is 4.74 Å². The molecule has 27 heavy (non-hydrogen) atoms. The third kappa shape index (κ3) is 4.16. The van der Waals surface area contributed by atoms with Crippen LogP contribution in [-0.4, -0.2) is 54.9 Å². The average molecular weight is 410 g/mol. The maximum absolute atomic E-state index is 14.6. The van der Waals surface area contributed by atoms with Crippen LogP contribution in [0.4, 0.5) is 20.6 Å². The van der Waals surface area contributed by atoms with Crippen molar-refractivity contribution < 1.29 is 13.9 Å². The van der Waals surface area contributed by atoms with E-state index >= 15 is 0 Å². The summed E-state index contributed by atoms with van der Waals surface area (Å²) >= 11 is 7.27. The number of hydrogen-bond acceptors (Lipinski definition) is 5. The van der Waals surface area contributed by atoms with Crippen molar-refractivity contribution >= 4 is 46.4 Å². The second kappa shape index (κ2) is 8.22. The number of cyclic esters (lactones) is 1. The third-order valence-electron chi connectivity index (χ3n) is 5.45. The fourth-order valence-corrected chi connectivity index (χ4v) is 4.81. The summed E-state index contributed by atoms with van der Waals surface area (Å²) in [6, 6.07) is 5.01. The van der Waals surface area contributed by atoms with Gasteiger partial charge in [0.05, 0.1) is 29.5 Å². The molecule has 1 atom stereocenters. The third-order valence-corrected chi connectivity index (χ3v) is 6.87. The van der Waals surface area contributed by atoms with Crippen molar-refractivity contribution in [3.05, 3.63) is 24.0 Å². The molecule has 146 valence electrons. The first-order valence-electron chi connectivity index (χ1n) is 9.50. The molecule has 1 unspecified atom stereocenters. The van der Waals surface area contributed by atoms with Crippen molar-refractivity contribution in [1.82, 2.24) is 5.32 Å². The molecule has 1 N–H and O–H groups in total. The van der Waals surface area contributed by atoms with Gasteiger partial charge in [0, 0.05) is 30.5 Å². The minimum Gasteiger partial charge on any atom is -0.442 e. The molecular weight excluding hydrogens is 385 g/mol. The summed E-state index contributed by atoms with van der Waals surface area (Å²) in [7, 11) is 0. The van der Waals surface area contributed by atoms with Crippen LogP contribution in [0.3, 0.4) is 0 Å². The van der Waals surface area contributed by atoms with Gasteiger partial charge in [-0.15, -0.1) is 0 Å². The Labute approximate surface area is 168 Å². The van der Waals surface area contributed by atoms with E-state index < -0.39 is 6.09 Å². The molecule has 1 aromatic carbocycles. The van der Waals surface area contributed by atoms with E-state index in [0.717, 1.165) is 42.4 Å². The minimum absolute atomic E-state index is 0.280. The number of nitrogens with zero attached hydrogens (tertiary/aromatic N) is 2. The molecule has 1 amide bonds. The first-order valence-corrected chi connectivity index (χ1v) is 11.1. The fourth-order valence-electron chi connectivity index (χ4n) is 3.59. The summed E-state index contributed by atoms with van der Waals surface area (Å²) in [4.78, 5) is 16.7. The quantitative estimate of drug-likeness (QED) is 0.752.